The predicted octanol–water partition coefficient (Wildman–Crippen LogP) is 9.51. The van der Waals surface area contributed by atoms with Crippen molar-refractivity contribution < 1.29 is 23.1 Å². The Bertz CT molecular complexity index is 1310. The standard InChI is InChI=1S/C34H47NO5S/c1-2-3-4-5-6-7-8-9-10-11-12-13-14-15-19-26-33(36)40-32-27-31(34(37)30-25-21-20-24-29(30)32)35-41(38,39)28-22-17-16-18-23-28/h16-18,20-25,27,35,37H,2-15,19,26H2,1H3. The summed E-state index contributed by atoms with van der Waals surface area (Å²) in [7, 11) is -3.94. The summed E-state index contributed by atoms with van der Waals surface area (Å²) in [5.74, 6) is -0.371. The van der Waals surface area contributed by atoms with Gasteiger partial charge in [0.2, 0.25) is 0 Å². The van der Waals surface area contributed by atoms with Crippen molar-refractivity contribution in [3.63, 3.8) is 0 Å². The predicted molar refractivity (Wildman–Crippen MR) is 168 cm³/mol. The van der Waals surface area contributed by atoms with Crippen LogP contribution in [0.2, 0.25) is 0 Å². The number of anilines is 1. The number of unbranched alkanes of at least 4 members (excludes halogenated alkanes) is 14. The second-order valence-electron chi connectivity index (χ2n) is 10.9. The van der Waals surface area contributed by atoms with Gasteiger partial charge in [0.15, 0.2) is 0 Å². The second-order valence-corrected chi connectivity index (χ2v) is 12.6. The first-order valence-corrected chi connectivity index (χ1v) is 16.9. The molecule has 0 saturated heterocycles. The average molecular weight is 582 g/mol. The van der Waals surface area contributed by atoms with Gasteiger partial charge in [-0.15, -0.1) is 0 Å². The molecule has 0 aliphatic carbocycles. The normalized spacial score (nSPS) is 11.5. The van der Waals surface area contributed by atoms with Gasteiger partial charge >= 0.3 is 5.97 Å². The summed E-state index contributed by atoms with van der Waals surface area (Å²) in [6, 6.07) is 16.2. The van der Waals surface area contributed by atoms with Crippen LogP contribution in [-0.2, 0) is 14.8 Å². The number of hydrogen-bond donors (Lipinski definition) is 2. The van der Waals surface area contributed by atoms with Gasteiger partial charge in [-0.3, -0.25) is 9.52 Å². The van der Waals surface area contributed by atoms with E-state index in [-0.39, 0.29) is 28.1 Å². The summed E-state index contributed by atoms with van der Waals surface area (Å²) in [6.07, 6.45) is 19.1. The number of aromatic hydroxyl groups is 1. The van der Waals surface area contributed by atoms with E-state index in [1.807, 2.05) is 0 Å². The zero-order valence-electron chi connectivity index (χ0n) is 24.6. The van der Waals surface area contributed by atoms with E-state index in [0.717, 1.165) is 19.3 Å². The van der Waals surface area contributed by atoms with Gasteiger partial charge in [-0.05, 0) is 18.6 Å². The maximum atomic E-state index is 12.9. The molecule has 0 heterocycles. The smallest absolute Gasteiger partial charge is 0.311 e. The number of ether oxygens (including phenoxy) is 1. The molecule has 0 saturated carbocycles. The fraction of sp³-hybridized carbons (Fsp3) is 0.500. The average Bonchev–Trinajstić information content (AvgIpc) is 2.98. The summed E-state index contributed by atoms with van der Waals surface area (Å²) in [6.45, 7) is 2.26. The molecule has 0 aliphatic rings. The van der Waals surface area contributed by atoms with Crippen LogP contribution in [0.15, 0.2) is 65.6 Å². The van der Waals surface area contributed by atoms with E-state index in [2.05, 4.69) is 11.6 Å². The van der Waals surface area contributed by atoms with Crippen LogP contribution >= 0.6 is 0 Å². The molecule has 3 rings (SSSR count). The Balaban J connectivity index is 1.41. The highest BCUT2D eigenvalue weighted by atomic mass is 32.2. The van der Waals surface area contributed by atoms with Crippen LogP contribution in [-0.4, -0.2) is 19.5 Å². The number of fused-ring (bicyclic) bond motifs is 1. The number of esters is 1. The number of phenols is 1. The van der Waals surface area contributed by atoms with E-state index in [9.17, 15) is 18.3 Å². The van der Waals surface area contributed by atoms with Crippen molar-refractivity contribution in [3.05, 3.63) is 60.7 Å². The van der Waals surface area contributed by atoms with Crippen LogP contribution in [0.3, 0.4) is 0 Å². The van der Waals surface area contributed by atoms with Crippen molar-refractivity contribution in [1.29, 1.82) is 0 Å². The summed E-state index contributed by atoms with van der Waals surface area (Å²) in [5, 5.41) is 11.7. The van der Waals surface area contributed by atoms with Gasteiger partial charge in [0.05, 0.1) is 10.6 Å². The Morgan fingerprint density at radius 2 is 1.20 bits per heavy atom. The van der Waals surface area contributed by atoms with Gasteiger partial charge in [0, 0.05) is 23.3 Å². The fourth-order valence-corrected chi connectivity index (χ4v) is 6.19. The number of hydrogen-bond acceptors (Lipinski definition) is 5. The van der Waals surface area contributed by atoms with Crippen LogP contribution in [0.1, 0.15) is 110 Å². The molecule has 2 N–H and O–H groups in total. The van der Waals surface area contributed by atoms with Crippen LogP contribution in [0.25, 0.3) is 10.8 Å². The first-order valence-electron chi connectivity index (χ1n) is 15.5. The second kappa shape index (κ2) is 17.7. The first-order chi connectivity index (χ1) is 19.9. The molecule has 0 unspecified atom stereocenters. The van der Waals surface area contributed by atoms with Gasteiger partial charge in [-0.1, -0.05) is 139 Å². The summed E-state index contributed by atoms with van der Waals surface area (Å²) in [5.41, 5.74) is -0.0395. The molecule has 0 fully saturated rings. The number of carbonyl (C=O) groups is 1. The Hall–Kier alpha value is -3.06. The zero-order chi connectivity index (χ0) is 29.3. The summed E-state index contributed by atoms with van der Waals surface area (Å²) < 4.78 is 33.8. The van der Waals surface area contributed by atoms with Crippen molar-refractivity contribution in [1.82, 2.24) is 0 Å². The Kier molecular flexibility index (Phi) is 14.0. The van der Waals surface area contributed by atoms with Crippen molar-refractivity contribution in [2.45, 2.75) is 115 Å². The van der Waals surface area contributed by atoms with Crippen molar-refractivity contribution in [2.24, 2.45) is 0 Å². The lowest BCUT2D eigenvalue weighted by molar-refractivity contribution is -0.134. The molecule has 224 valence electrons. The van der Waals surface area contributed by atoms with Gasteiger partial charge in [-0.25, -0.2) is 8.42 Å². The molecule has 7 heteroatoms. The number of nitrogens with one attached hydrogen (secondary N) is 1. The van der Waals surface area contributed by atoms with E-state index in [0.29, 0.717) is 17.2 Å². The molecule has 6 nitrogen and oxygen atoms in total. The first kappa shape index (κ1) is 32.5. The molecule has 0 radical (unpaired) electrons. The minimum absolute atomic E-state index is 0.0395. The largest absolute Gasteiger partial charge is 0.505 e. The fourth-order valence-electron chi connectivity index (χ4n) is 5.11. The molecular formula is C34H47NO5S. The van der Waals surface area contributed by atoms with E-state index < -0.39 is 10.0 Å². The Labute approximate surface area is 246 Å². The highest BCUT2D eigenvalue weighted by Gasteiger charge is 2.20. The molecule has 41 heavy (non-hydrogen) atoms. The van der Waals surface area contributed by atoms with Gasteiger partial charge < -0.3 is 9.84 Å². The number of benzene rings is 3. The Morgan fingerprint density at radius 1 is 0.707 bits per heavy atom. The Morgan fingerprint density at radius 3 is 1.76 bits per heavy atom. The van der Waals surface area contributed by atoms with Crippen LogP contribution in [0.4, 0.5) is 5.69 Å². The molecule has 0 spiro atoms. The maximum absolute atomic E-state index is 12.9. The lowest BCUT2D eigenvalue weighted by Gasteiger charge is -2.15. The number of carbonyl (C=O) groups excluding carboxylic acids is 1. The van der Waals surface area contributed by atoms with Crippen molar-refractivity contribution in [2.75, 3.05) is 4.72 Å². The molecule has 0 amide bonds. The van der Waals surface area contributed by atoms with Gasteiger partial charge in [0.1, 0.15) is 11.5 Å². The highest BCUT2D eigenvalue weighted by molar-refractivity contribution is 7.92. The van der Waals surface area contributed by atoms with E-state index in [1.165, 1.54) is 95.2 Å². The van der Waals surface area contributed by atoms with E-state index in [4.69, 9.17) is 4.74 Å². The van der Waals surface area contributed by atoms with Gasteiger partial charge in [0.25, 0.3) is 10.0 Å². The molecule has 0 aliphatic heterocycles. The molecule has 3 aromatic rings. The summed E-state index contributed by atoms with van der Waals surface area (Å²) >= 11 is 0. The third-order valence-electron chi connectivity index (χ3n) is 7.48. The van der Waals surface area contributed by atoms with Crippen LogP contribution < -0.4 is 9.46 Å². The molecule has 0 bridgehead atoms. The molecule has 0 aromatic heterocycles. The molecular weight excluding hydrogens is 534 g/mol. The zero-order valence-corrected chi connectivity index (χ0v) is 25.4. The number of sulfonamides is 1. The van der Waals surface area contributed by atoms with Crippen molar-refractivity contribution >= 4 is 32.5 Å². The topological polar surface area (TPSA) is 92.7 Å². The molecule has 0 atom stereocenters. The SMILES string of the molecule is CCCCCCCCCCCCCCCCCC(=O)Oc1cc(NS(=O)(=O)c2ccccc2)c(O)c2ccccc12. The highest BCUT2D eigenvalue weighted by Crippen LogP contribution is 2.40. The van der Waals surface area contributed by atoms with Crippen LogP contribution in [0, 0.1) is 0 Å². The third-order valence-corrected chi connectivity index (χ3v) is 8.87. The van der Waals surface area contributed by atoms with Gasteiger partial charge in [-0.2, -0.15) is 0 Å². The minimum atomic E-state index is -3.94. The minimum Gasteiger partial charge on any atom is -0.505 e. The third kappa shape index (κ3) is 11.0. The molecule has 3 aromatic carbocycles. The lowest BCUT2D eigenvalue weighted by Crippen LogP contribution is -2.14. The van der Waals surface area contributed by atoms with E-state index in [1.54, 1.807) is 42.5 Å². The maximum Gasteiger partial charge on any atom is 0.311 e. The number of phenolic OH excluding ortho intramolecular Hbond substituents is 1. The van der Waals surface area contributed by atoms with E-state index >= 15 is 0 Å². The monoisotopic (exact) mass is 581 g/mol. The lowest BCUT2D eigenvalue weighted by atomic mass is 10.0. The quantitative estimate of drug-likeness (QED) is 0.0600. The van der Waals surface area contributed by atoms with Crippen molar-refractivity contribution in [3.8, 4) is 11.5 Å². The summed E-state index contributed by atoms with van der Waals surface area (Å²) in [4.78, 5) is 12.7. The number of rotatable bonds is 20. The van der Waals surface area contributed by atoms with Crippen LogP contribution in [0.5, 0.6) is 11.5 Å².